The molecule has 2 heterocycles. The summed E-state index contributed by atoms with van der Waals surface area (Å²) in [6.07, 6.45) is 7.07. The van der Waals surface area contributed by atoms with Gasteiger partial charge in [0.1, 0.15) is 0 Å². The molecular weight excluding hydrogens is 218 g/mol. The number of aromatic nitrogens is 1. The number of nitrogens with two attached hydrogens (primary N) is 1. The highest BCUT2D eigenvalue weighted by atomic mass is 32.1. The third kappa shape index (κ3) is 1.96. The van der Waals surface area contributed by atoms with Crippen molar-refractivity contribution in [2.24, 2.45) is 5.92 Å². The van der Waals surface area contributed by atoms with Crippen LogP contribution in [0.1, 0.15) is 37.8 Å². The van der Waals surface area contributed by atoms with Gasteiger partial charge in [-0.25, -0.2) is 4.98 Å². The molecular formula is C12H19N3S. The molecule has 3 rings (SSSR count). The predicted octanol–water partition coefficient (Wildman–Crippen LogP) is 2.49. The van der Waals surface area contributed by atoms with Gasteiger partial charge in [-0.3, -0.25) is 4.90 Å². The van der Waals surface area contributed by atoms with Crippen molar-refractivity contribution in [2.75, 3.05) is 12.3 Å². The summed E-state index contributed by atoms with van der Waals surface area (Å²) in [4.78, 5) is 7.01. The maximum Gasteiger partial charge on any atom is 0.180 e. The first-order valence-electron chi connectivity index (χ1n) is 6.27. The van der Waals surface area contributed by atoms with E-state index in [-0.39, 0.29) is 0 Å². The third-order valence-corrected chi connectivity index (χ3v) is 4.77. The quantitative estimate of drug-likeness (QED) is 0.859. The van der Waals surface area contributed by atoms with Crippen LogP contribution in [0.25, 0.3) is 0 Å². The zero-order valence-corrected chi connectivity index (χ0v) is 10.4. The lowest BCUT2D eigenvalue weighted by Crippen LogP contribution is -2.41. The van der Waals surface area contributed by atoms with Gasteiger partial charge in [0.05, 0.1) is 5.69 Å². The second kappa shape index (κ2) is 4.34. The van der Waals surface area contributed by atoms with Crippen molar-refractivity contribution in [2.45, 2.75) is 44.7 Å². The molecule has 2 unspecified atom stereocenters. The SMILES string of the molecule is Nc1nc(CN2CCCC3CCCC32)cs1. The van der Waals surface area contributed by atoms with Crippen molar-refractivity contribution in [1.82, 2.24) is 9.88 Å². The van der Waals surface area contributed by atoms with Crippen molar-refractivity contribution < 1.29 is 0 Å². The third-order valence-electron chi connectivity index (χ3n) is 4.04. The Morgan fingerprint density at radius 3 is 3.06 bits per heavy atom. The molecule has 0 radical (unpaired) electrons. The summed E-state index contributed by atoms with van der Waals surface area (Å²) in [7, 11) is 0. The summed E-state index contributed by atoms with van der Waals surface area (Å²) in [6, 6.07) is 0.830. The highest BCUT2D eigenvalue weighted by Crippen LogP contribution is 2.37. The van der Waals surface area contributed by atoms with E-state index >= 15 is 0 Å². The van der Waals surface area contributed by atoms with E-state index in [2.05, 4.69) is 15.3 Å². The monoisotopic (exact) mass is 237 g/mol. The van der Waals surface area contributed by atoms with Crippen LogP contribution in [0, 0.1) is 5.92 Å². The fraction of sp³-hybridized carbons (Fsp3) is 0.750. The highest BCUT2D eigenvalue weighted by molar-refractivity contribution is 7.13. The fourth-order valence-electron chi connectivity index (χ4n) is 3.36. The number of hydrogen-bond acceptors (Lipinski definition) is 4. The van der Waals surface area contributed by atoms with Crippen LogP contribution in [0.2, 0.25) is 0 Å². The highest BCUT2D eigenvalue weighted by Gasteiger charge is 2.34. The van der Waals surface area contributed by atoms with Crippen LogP contribution in [-0.2, 0) is 6.54 Å². The summed E-state index contributed by atoms with van der Waals surface area (Å²) in [5.74, 6) is 0.963. The van der Waals surface area contributed by atoms with Crippen LogP contribution in [0.4, 0.5) is 5.13 Å². The lowest BCUT2D eigenvalue weighted by atomic mass is 9.92. The van der Waals surface area contributed by atoms with Crippen molar-refractivity contribution in [3.05, 3.63) is 11.1 Å². The van der Waals surface area contributed by atoms with E-state index in [1.807, 2.05) is 0 Å². The second-order valence-corrected chi connectivity index (χ2v) is 5.94. The van der Waals surface area contributed by atoms with E-state index in [9.17, 15) is 0 Å². The summed E-state index contributed by atoms with van der Waals surface area (Å²) in [5.41, 5.74) is 6.84. The van der Waals surface area contributed by atoms with Crippen molar-refractivity contribution in [1.29, 1.82) is 0 Å². The largest absolute Gasteiger partial charge is 0.375 e. The van der Waals surface area contributed by atoms with Crippen LogP contribution < -0.4 is 5.73 Å². The number of fused-ring (bicyclic) bond motifs is 1. The van der Waals surface area contributed by atoms with Crippen LogP contribution in [-0.4, -0.2) is 22.5 Å². The first-order valence-corrected chi connectivity index (χ1v) is 7.15. The Bertz CT molecular complexity index is 363. The number of piperidine rings is 1. The molecule has 1 aromatic rings. The number of thiazole rings is 1. The Balaban J connectivity index is 1.69. The Kier molecular flexibility index (Phi) is 2.86. The molecule has 1 aromatic heterocycles. The maximum atomic E-state index is 5.68. The Morgan fingerprint density at radius 2 is 2.25 bits per heavy atom. The van der Waals surface area contributed by atoms with Crippen LogP contribution in [0.15, 0.2) is 5.38 Å². The van der Waals surface area contributed by atoms with Gasteiger partial charge in [-0.1, -0.05) is 6.42 Å². The van der Waals surface area contributed by atoms with Gasteiger partial charge in [0.25, 0.3) is 0 Å². The topological polar surface area (TPSA) is 42.1 Å². The molecule has 4 heteroatoms. The zero-order valence-electron chi connectivity index (χ0n) is 9.56. The van der Waals surface area contributed by atoms with Gasteiger partial charge in [-0.15, -0.1) is 11.3 Å². The second-order valence-electron chi connectivity index (χ2n) is 5.05. The fourth-order valence-corrected chi connectivity index (χ4v) is 3.91. The van der Waals surface area contributed by atoms with Gasteiger partial charge in [0, 0.05) is 18.0 Å². The predicted molar refractivity (Wildman–Crippen MR) is 67.3 cm³/mol. The summed E-state index contributed by atoms with van der Waals surface area (Å²) in [5, 5.41) is 2.81. The number of hydrogen-bond donors (Lipinski definition) is 1. The standard InChI is InChI=1S/C12H19N3S/c13-12-14-10(8-16-12)7-15-6-2-4-9-3-1-5-11(9)15/h8-9,11H,1-7H2,(H2,13,14). The lowest BCUT2D eigenvalue weighted by molar-refractivity contribution is 0.105. The number of nitrogens with zero attached hydrogens (tertiary/aromatic N) is 2. The van der Waals surface area contributed by atoms with E-state index in [1.54, 1.807) is 11.3 Å². The van der Waals surface area contributed by atoms with E-state index in [4.69, 9.17) is 5.73 Å². The van der Waals surface area contributed by atoms with Gasteiger partial charge >= 0.3 is 0 Å². The molecule has 0 bridgehead atoms. The van der Waals surface area contributed by atoms with Crippen molar-refractivity contribution in [3.63, 3.8) is 0 Å². The van der Waals surface area contributed by atoms with Gasteiger partial charge in [0.2, 0.25) is 0 Å². The van der Waals surface area contributed by atoms with E-state index in [0.29, 0.717) is 5.13 Å². The minimum absolute atomic E-state index is 0.704. The molecule has 16 heavy (non-hydrogen) atoms. The van der Waals surface area contributed by atoms with Gasteiger partial charge in [0.15, 0.2) is 5.13 Å². The molecule has 1 aliphatic heterocycles. The molecule has 88 valence electrons. The summed E-state index contributed by atoms with van der Waals surface area (Å²) in [6.45, 7) is 2.26. The van der Waals surface area contributed by atoms with E-state index < -0.39 is 0 Å². The first kappa shape index (κ1) is 10.5. The number of rotatable bonds is 2. The molecule has 2 fully saturated rings. The van der Waals surface area contributed by atoms with E-state index in [0.717, 1.165) is 24.2 Å². The number of nitrogen functional groups attached to an aromatic ring is 1. The van der Waals surface area contributed by atoms with Gasteiger partial charge in [-0.05, 0) is 38.1 Å². The summed E-state index contributed by atoms with van der Waals surface area (Å²) < 4.78 is 0. The Labute approximate surface area is 101 Å². The Hall–Kier alpha value is -0.610. The van der Waals surface area contributed by atoms with Crippen LogP contribution >= 0.6 is 11.3 Å². The summed E-state index contributed by atoms with van der Waals surface area (Å²) >= 11 is 1.56. The van der Waals surface area contributed by atoms with Crippen LogP contribution in [0.5, 0.6) is 0 Å². The van der Waals surface area contributed by atoms with Gasteiger partial charge in [-0.2, -0.15) is 0 Å². The number of anilines is 1. The molecule has 1 saturated carbocycles. The maximum absolute atomic E-state index is 5.68. The molecule has 3 nitrogen and oxygen atoms in total. The van der Waals surface area contributed by atoms with Crippen LogP contribution in [0.3, 0.4) is 0 Å². The lowest BCUT2D eigenvalue weighted by Gasteiger charge is -2.37. The average molecular weight is 237 g/mol. The molecule has 1 aliphatic carbocycles. The normalized spacial score (nSPS) is 30.5. The smallest absolute Gasteiger partial charge is 0.180 e. The molecule has 2 N–H and O–H groups in total. The molecule has 0 aromatic carbocycles. The Morgan fingerprint density at radius 1 is 1.38 bits per heavy atom. The van der Waals surface area contributed by atoms with Crippen molar-refractivity contribution >= 4 is 16.5 Å². The first-order chi connectivity index (χ1) is 7.83. The zero-order chi connectivity index (χ0) is 11.0. The minimum atomic E-state index is 0.704. The average Bonchev–Trinajstić information content (AvgIpc) is 2.87. The molecule has 2 atom stereocenters. The van der Waals surface area contributed by atoms with E-state index in [1.165, 1.54) is 38.6 Å². The molecule has 0 amide bonds. The molecule has 1 saturated heterocycles. The number of likely N-dealkylation sites (tertiary alicyclic amines) is 1. The van der Waals surface area contributed by atoms with Gasteiger partial charge < -0.3 is 5.73 Å². The molecule has 2 aliphatic rings. The minimum Gasteiger partial charge on any atom is -0.375 e. The molecule has 0 spiro atoms. The van der Waals surface area contributed by atoms with Crippen molar-refractivity contribution in [3.8, 4) is 0 Å².